The van der Waals surface area contributed by atoms with E-state index in [1.165, 1.54) is 0 Å². The summed E-state index contributed by atoms with van der Waals surface area (Å²) in [7, 11) is 1.66. The lowest BCUT2D eigenvalue weighted by Crippen LogP contribution is -1.92. The molecule has 0 saturated carbocycles. The number of pyridine rings is 1. The predicted octanol–water partition coefficient (Wildman–Crippen LogP) is 1.55. The average molecular weight is 201 g/mol. The number of nitrogens with one attached hydrogen (secondary N) is 1. The van der Waals surface area contributed by atoms with Crippen LogP contribution in [-0.4, -0.2) is 18.3 Å². The highest BCUT2D eigenvalue weighted by atomic mass is 16.3. The zero-order valence-corrected chi connectivity index (χ0v) is 7.94. The third-order valence-corrected chi connectivity index (χ3v) is 2.03. The van der Waals surface area contributed by atoms with Crippen LogP contribution < -0.4 is 5.32 Å². The van der Waals surface area contributed by atoms with E-state index in [1.807, 2.05) is 6.07 Å². The summed E-state index contributed by atoms with van der Waals surface area (Å²) in [6.45, 7) is 0. The molecule has 0 spiro atoms. The van der Waals surface area contributed by atoms with Gasteiger partial charge < -0.3 is 9.73 Å². The maximum Gasteiger partial charge on any atom is 0.192 e. The molecule has 5 nitrogen and oxygen atoms in total. The molecule has 1 N–H and O–H groups in total. The summed E-state index contributed by atoms with van der Waals surface area (Å²) < 4.78 is 5.24. The van der Waals surface area contributed by atoms with Gasteiger partial charge in [0.2, 0.25) is 0 Å². The van der Waals surface area contributed by atoms with Crippen molar-refractivity contribution in [1.82, 2.24) is 4.98 Å². The van der Waals surface area contributed by atoms with Crippen LogP contribution in [0.4, 0.5) is 5.69 Å². The van der Waals surface area contributed by atoms with Crippen molar-refractivity contribution < 1.29 is 9.21 Å². The SMILES string of the molecule is CNc1c(C=O)oc2ccc(C#N)nc12. The van der Waals surface area contributed by atoms with E-state index >= 15 is 0 Å². The first kappa shape index (κ1) is 9.21. The fourth-order valence-corrected chi connectivity index (χ4v) is 1.38. The molecule has 0 aliphatic heterocycles. The highest BCUT2D eigenvalue weighted by Gasteiger charge is 2.13. The summed E-state index contributed by atoms with van der Waals surface area (Å²) in [5.74, 6) is 0.190. The predicted molar refractivity (Wildman–Crippen MR) is 53.7 cm³/mol. The number of carbonyl (C=O) groups excluding carboxylic acids is 1. The number of furan rings is 1. The molecule has 5 heteroatoms. The second-order valence-electron chi connectivity index (χ2n) is 2.86. The van der Waals surface area contributed by atoms with Crippen molar-refractivity contribution in [3.05, 3.63) is 23.6 Å². The summed E-state index contributed by atoms with van der Waals surface area (Å²) >= 11 is 0. The maximum absolute atomic E-state index is 10.7. The lowest BCUT2D eigenvalue weighted by Gasteiger charge is -1.94. The Labute approximate surface area is 85.3 Å². The van der Waals surface area contributed by atoms with Gasteiger partial charge in [-0.25, -0.2) is 4.98 Å². The van der Waals surface area contributed by atoms with Gasteiger partial charge in [0.1, 0.15) is 23.0 Å². The van der Waals surface area contributed by atoms with Gasteiger partial charge in [0.15, 0.2) is 17.6 Å². The molecule has 2 rings (SSSR count). The van der Waals surface area contributed by atoms with Crippen LogP contribution in [0.15, 0.2) is 16.5 Å². The molecule has 0 amide bonds. The minimum atomic E-state index is 0.190. The summed E-state index contributed by atoms with van der Waals surface area (Å²) in [5.41, 5.74) is 1.79. The van der Waals surface area contributed by atoms with Gasteiger partial charge in [-0.2, -0.15) is 5.26 Å². The quantitative estimate of drug-likeness (QED) is 0.745. The zero-order chi connectivity index (χ0) is 10.8. The Bertz CT molecular complexity index is 566. The van der Waals surface area contributed by atoms with Gasteiger partial charge >= 0.3 is 0 Å². The Balaban J connectivity index is 2.80. The van der Waals surface area contributed by atoms with E-state index in [0.29, 0.717) is 23.1 Å². The molecular weight excluding hydrogens is 194 g/mol. The van der Waals surface area contributed by atoms with Crippen LogP contribution in [0.5, 0.6) is 0 Å². The molecule has 0 atom stereocenters. The van der Waals surface area contributed by atoms with Crippen molar-refractivity contribution in [1.29, 1.82) is 5.26 Å². The van der Waals surface area contributed by atoms with Crippen molar-refractivity contribution >= 4 is 23.1 Å². The van der Waals surface area contributed by atoms with Crippen LogP contribution in [0.3, 0.4) is 0 Å². The lowest BCUT2D eigenvalue weighted by molar-refractivity contribution is 0.110. The smallest absolute Gasteiger partial charge is 0.192 e. The third kappa shape index (κ3) is 1.32. The summed E-state index contributed by atoms with van der Waals surface area (Å²) in [6.07, 6.45) is 0.611. The summed E-state index contributed by atoms with van der Waals surface area (Å²) in [5, 5.41) is 11.5. The number of nitrogens with zero attached hydrogens (tertiary/aromatic N) is 2. The first-order valence-electron chi connectivity index (χ1n) is 4.26. The van der Waals surface area contributed by atoms with Crippen molar-refractivity contribution in [2.45, 2.75) is 0 Å². The van der Waals surface area contributed by atoms with Gasteiger partial charge in [0.25, 0.3) is 0 Å². The Morgan fingerprint density at radius 1 is 1.60 bits per heavy atom. The molecular formula is C10H7N3O2. The fourth-order valence-electron chi connectivity index (χ4n) is 1.38. The lowest BCUT2D eigenvalue weighted by atomic mass is 10.3. The number of hydrogen-bond donors (Lipinski definition) is 1. The van der Waals surface area contributed by atoms with E-state index in [4.69, 9.17) is 9.68 Å². The largest absolute Gasteiger partial charge is 0.449 e. The summed E-state index contributed by atoms with van der Waals surface area (Å²) in [6, 6.07) is 5.09. The third-order valence-electron chi connectivity index (χ3n) is 2.03. The molecule has 0 fully saturated rings. The molecule has 0 saturated heterocycles. The Kier molecular flexibility index (Phi) is 2.10. The van der Waals surface area contributed by atoms with Crippen LogP contribution >= 0.6 is 0 Å². The minimum absolute atomic E-state index is 0.190. The fraction of sp³-hybridized carbons (Fsp3) is 0.100. The van der Waals surface area contributed by atoms with Gasteiger partial charge in [-0.05, 0) is 12.1 Å². The van der Waals surface area contributed by atoms with Crippen molar-refractivity contribution in [2.24, 2.45) is 0 Å². The van der Waals surface area contributed by atoms with E-state index in [2.05, 4.69) is 10.3 Å². The van der Waals surface area contributed by atoms with Crippen LogP contribution in [-0.2, 0) is 0 Å². The molecule has 0 aliphatic carbocycles. The number of aldehydes is 1. The number of anilines is 1. The van der Waals surface area contributed by atoms with Crippen molar-refractivity contribution in [3.8, 4) is 6.07 Å². The minimum Gasteiger partial charge on any atom is -0.449 e. The molecule has 0 radical (unpaired) electrons. The van der Waals surface area contributed by atoms with Gasteiger partial charge in [-0.3, -0.25) is 4.79 Å². The molecule has 0 aliphatic rings. The standard InChI is InChI=1S/C10H7N3O2/c1-12-9-8(5-14)15-7-3-2-6(4-11)13-10(7)9/h2-3,5,12H,1H3. The number of carbonyl (C=O) groups is 1. The number of hydrogen-bond acceptors (Lipinski definition) is 5. The van der Waals surface area contributed by atoms with Crippen LogP contribution in [0.25, 0.3) is 11.1 Å². The number of nitriles is 1. The van der Waals surface area contributed by atoms with Crippen LogP contribution in [0.2, 0.25) is 0 Å². The molecule has 0 aromatic carbocycles. The van der Waals surface area contributed by atoms with E-state index in [1.54, 1.807) is 19.2 Å². The van der Waals surface area contributed by atoms with E-state index in [9.17, 15) is 4.79 Å². The average Bonchev–Trinajstić information content (AvgIpc) is 2.65. The molecule has 2 aromatic heterocycles. The van der Waals surface area contributed by atoms with Crippen LogP contribution in [0, 0.1) is 11.3 Å². The first-order chi connectivity index (χ1) is 7.30. The number of fused-ring (bicyclic) bond motifs is 1. The maximum atomic E-state index is 10.7. The number of aromatic nitrogens is 1. The van der Waals surface area contributed by atoms with E-state index in [-0.39, 0.29) is 11.5 Å². The normalized spacial score (nSPS) is 9.87. The second kappa shape index (κ2) is 3.42. The van der Waals surface area contributed by atoms with Gasteiger partial charge in [0.05, 0.1) is 0 Å². The van der Waals surface area contributed by atoms with Crippen molar-refractivity contribution in [3.63, 3.8) is 0 Å². The Morgan fingerprint density at radius 2 is 2.40 bits per heavy atom. The first-order valence-corrected chi connectivity index (χ1v) is 4.26. The van der Waals surface area contributed by atoms with Crippen LogP contribution in [0.1, 0.15) is 16.2 Å². The van der Waals surface area contributed by atoms with Gasteiger partial charge in [0, 0.05) is 7.05 Å². The molecule has 15 heavy (non-hydrogen) atoms. The molecule has 0 unspecified atom stereocenters. The monoisotopic (exact) mass is 201 g/mol. The topological polar surface area (TPSA) is 78.9 Å². The number of rotatable bonds is 2. The Morgan fingerprint density at radius 3 is 3.00 bits per heavy atom. The van der Waals surface area contributed by atoms with Gasteiger partial charge in [-0.15, -0.1) is 0 Å². The Hall–Kier alpha value is -2.35. The highest BCUT2D eigenvalue weighted by molar-refractivity contribution is 5.97. The van der Waals surface area contributed by atoms with Crippen molar-refractivity contribution in [2.75, 3.05) is 12.4 Å². The van der Waals surface area contributed by atoms with E-state index in [0.717, 1.165) is 0 Å². The molecule has 74 valence electrons. The molecule has 2 heterocycles. The molecule has 2 aromatic rings. The zero-order valence-electron chi connectivity index (χ0n) is 7.94. The van der Waals surface area contributed by atoms with E-state index < -0.39 is 0 Å². The summed E-state index contributed by atoms with van der Waals surface area (Å²) in [4.78, 5) is 14.7. The second-order valence-corrected chi connectivity index (χ2v) is 2.86. The molecule has 0 bridgehead atoms. The van der Waals surface area contributed by atoms with Gasteiger partial charge in [-0.1, -0.05) is 0 Å². The highest BCUT2D eigenvalue weighted by Crippen LogP contribution is 2.27.